The Morgan fingerprint density at radius 2 is 0.623 bits per heavy atom. The average molecular weight is 962 g/mol. The van der Waals surface area contributed by atoms with Gasteiger partial charge >= 0.3 is 17.9 Å². The van der Waals surface area contributed by atoms with Crippen LogP contribution in [0.15, 0.2) is 85.1 Å². The number of carbonyl (C=O) groups excluding carboxylic acids is 3. The number of rotatable bonds is 52. The summed E-state index contributed by atoms with van der Waals surface area (Å²) in [6.07, 6.45) is 74.6. The van der Waals surface area contributed by atoms with Gasteiger partial charge in [0.05, 0.1) is 0 Å². The molecular formula is C63H108O6. The van der Waals surface area contributed by atoms with E-state index >= 15 is 0 Å². The van der Waals surface area contributed by atoms with Gasteiger partial charge < -0.3 is 14.2 Å². The van der Waals surface area contributed by atoms with E-state index in [1.807, 2.05) is 6.08 Å². The van der Waals surface area contributed by atoms with Crippen LogP contribution in [0, 0.1) is 0 Å². The van der Waals surface area contributed by atoms with Crippen LogP contribution in [0.4, 0.5) is 0 Å². The molecule has 1 unspecified atom stereocenters. The van der Waals surface area contributed by atoms with E-state index in [2.05, 4.69) is 99.8 Å². The molecule has 0 bridgehead atoms. The summed E-state index contributed by atoms with van der Waals surface area (Å²) in [6, 6.07) is 0. The Labute approximate surface area is 426 Å². The van der Waals surface area contributed by atoms with Crippen molar-refractivity contribution in [1.29, 1.82) is 0 Å². The van der Waals surface area contributed by atoms with Crippen molar-refractivity contribution in [2.75, 3.05) is 13.2 Å². The van der Waals surface area contributed by atoms with Crippen LogP contribution in [0.1, 0.15) is 278 Å². The van der Waals surface area contributed by atoms with Gasteiger partial charge in [-0.15, -0.1) is 0 Å². The Morgan fingerprint density at radius 1 is 0.304 bits per heavy atom. The molecule has 0 N–H and O–H groups in total. The van der Waals surface area contributed by atoms with Crippen LogP contribution in [0.25, 0.3) is 0 Å². The molecular weight excluding hydrogens is 853 g/mol. The molecule has 6 heteroatoms. The number of esters is 3. The van der Waals surface area contributed by atoms with Crippen LogP contribution >= 0.6 is 0 Å². The van der Waals surface area contributed by atoms with Crippen LogP contribution in [-0.4, -0.2) is 37.2 Å². The van der Waals surface area contributed by atoms with E-state index in [-0.39, 0.29) is 31.6 Å². The first kappa shape index (κ1) is 65.6. The molecule has 0 aromatic carbocycles. The lowest BCUT2D eigenvalue weighted by Crippen LogP contribution is -2.30. The van der Waals surface area contributed by atoms with Crippen molar-refractivity contribution in [3.05, 3.63) is 85.1 Å². The van der Waals surface area contributed by atoms with Crippen molar-refractivity contribution in [3.8, 4) is 0 Å². The number of ether oxygens (including phenoxy) is 3. The summed E-state index contributed by atoms with van der Waals surface area (Å²) in [7, 11) is 0. The second-order valence-electron chi connectivity index (χ2n) is 19.2. The third-order valence-corrected chi connectivity index (χ3v) is 12.4. The molecule has 0 saturated heterocycles. The predicted octanol–water partition coefficient (Wildman–Crippen LogP) is 19.5. The van der Waals surface area contributed by atoms with Crippen molar-refractivity contribution >= 4 is 17.9 Å². The molecule has 0 radical (unpaired) electrons. The van der Waals surface area contributed by atoms with Gasteiger partial charge in [-0.1, -0.05) is 266 Å². The quantitative estimate of drug-likeness (QED) is 0.0262. The lowest BCUT2D eigenvalue weighted by Gasteiger charge is -2.18. The van der Waals surface area contributed by atoms with Crippen molar-refractivity contribution in [2.24, 2.45) is 0 Å². The van der Waals surface area contributed by atoms with Crippen molar-refractivity contribution < 1.29 is 28.6 Å². The highest BCUT2D eigenvalue weighted by molar-refractivity contribution is 5.71. The number of hydrogen-bond acceptors (Lipinski definition) is 6. The van der Waals surface area contributed by atoms with E-state index in [9.17, 15) is 14.4 Å². The van der Waals surface area contributed by atoms with E-state index in [1.54, 1.807) is 0 Å². The lowest BCUT2D eigenvalue weighted by atomic mass is 10.0. The van der Waals surface area contributed by atoms with Gasteiger partial charge in [-0.05, 0) is 77.0 Å². The largest absolute Gasteiger partial charge is 0.462 e. The normalized spacial score (nSPS) is 12.7. The Kier molecular flexibility index (Phi) is 54.3. The Morgan fingerprint density at radius 3 is 1.00 bits per heavy atom. The van der Waals surface area contributed by atoms with Crippen molar-refractivity contribution in [3.63, 3.8) is 0 Å². The summed E-state index contributed by atoms with van der Waals surface area (Å²) in [4.78, 5) is 38.0. The van der Waals surface area contributed by atoms with Gasteiger partial charge in [0.2, 0.25) is 0 Å². The second-order valence-corrected chi connectivity index (χ2v) is 19.2. The third kappa shape index (κ3) is 55.4. The van der Waals surface area contributed by atoms with Gasteiger partial charge in [-0.3, -0.25) is 14.4 Å². The van der Waals surface area contributed by atoms with E-state index in [4.69, 9.17) is 14.2 Å². The van der Waals surface area contributed by atoms with E-state index < -0.39 is 12.1 Å². The molecule has 0 heterocycles. The van der Waals surface area contributed by atoms with Crippen molar-refractivity contribution in [1.82, 2.24) is 0 Å². The van der Waals surface area contributed by atoms with Crippen molar-refractivity contribution in [2.45, 2.75) is 284 Å². The molecule has 0 amide bonds. The Hall–Kier alpha value is -3.41. The van der Waals surface area contributed by atoms with Gasteiger partial charge in [0.15, 0.2) is 6.10 Å². The molecule has 0 aliphatic heterocycles. The molecule has 0 saturated carbocycles. The number of unbranched alkanes of at least 4 members (excludes halogenated alkanes) is 27. The fraction of sp³-hybridized carbons (Fsp3) is 0.730. The van der Waals surface area contributed by atoms with Crippen LogP contribution in [0.3, 0.4) is 0 Å². The summed E-state index contributed by atoms with van der Waals surface area (Å²) in [5.74, 6) is -0.997. The molecule has 69 heavy (non-hydrogen) atoms. The molecule has 0 aromatic rings. The fourth-order valence-electron chi connectivity index (χ4n) is 8.06. The molecule has 0 rings (SSSR count). The zero-order valence-corrected chi connectivity index (χ0v) is 45.3. The monoisotopic (exact) mass is 961 g/mol. The van der Waals surface area contributed by atoms with Crippen LogP contribution < -0.4 is 0 Å². The molecule has 6 nitrogen and oxygen atoms in total. The summed E-state index contributed by atoms with van der Waals surface area (Å²) >= 11 is 0. The smallest absolute Gasteiger partial charge is 0.306 e. The SMILES string of the molecule is CC/C=C\C/C=C\C/C=C\C/C=C\C/C=C\C/C=C\CCC(=O)OC(COC(=O)CCCCCCC/C=C\CCC)COC(=O)CCCCCCCCCCCCCCCCCCCCCCCC. The number of allylic oxidation sites excluding steroid dienone is 14. The first-order valence-electron chi connectivity index (χ1n) is 29.1. The average Bonchev–Trinajstić information content (AvgIpc) is 3.35. The first-order chi connectivity index (χ1) is 34.0. The summed E-state index contributed by atoms with van der Waals surface area (Å²) in [6.45, 7) is 6.41. The van der Waals surface area contributed by atoms with Gasteiger partial charge in [-0.2, -0.15) is 0 Å². The molecule has 0 aliphatic carbocycles. The third-order valence-electron chi connectivity index (χ3n) is 12.4. The minimum atomic E-state index is -0.819. The molecule has 0 aromatic heterocycles. The highest BCUT2D eigenvalue weighted by atomic mass is 16.6. The van der Waals surface area contributed by atoms with E-state index in [0.29, 0.717) is 19.3 Å². The lowest BCUT2D eigenvalue weighted by molar-refractivity contribution is -0.166. The van der Waals surface area contributed by atoms with Crippen LogP contribution in [0.5, 0.6) is 0 Å². The minimum absolute atomic E-state index is 0.107. The molecule has 0 spiro atoms. The van der Waals surface area contributed by atoms with Gasteiger partial charge in [0.1, 0.15) is 13.2 Å². The van der Waals surface area contributed by atoms with Crippen LogP contribution in [0.2, 0.25) is 0 Å². The van der Waals surface area contributed by atoms with Crippen LogP contribution in [-0.2, 0) is 28.6 Å². The summed E-state index contributed by atoms with van der Waals surface area (Å²) in [5.41, 5.74) is 0. The second kappa shape index (κ2) is 57.2. The Balaban J connectivity index is 4.36. The highest BCUT2D eigenvalue weighted by Crippen LogP contribution is 2.16. The number of carbonyl (C=O) groups is 3. The Bertz CT molecular complexity index is 1330. The molecule has 1 atom stereocenters. The maximum Gasteiger partial charge on any atom is 0.306 e. The minimum Gasteiger partial charge on any atom is -0.462 e. The predicted molar refractivity (Wildman–Crippen MR) is 297 cm³/mol. The zero-order valence-electron chi connectivity index (χ0n) is 45.3. The summed E-state index contributed by atoms with van der Waals surface area (Å²) < 4.78 is 16.8. The topological polar surface area (TPSA) is 78.9 Å². The van der Waals surface area contributed by atoms with Gasteiger partial charge in [0, 0.05) is 19.3 Å². The fourth-order valence-corrected chi connectivity index (χ4v) is 8.06. The number of hydrogen-bond donors (Lipinski definition) is 0. The zero-order chi connectivity index (χ0) is 50.0. The summed E-state index contributed by atoms with van der Waals surface area (Å²) in [5, 5.41) is 0. The molecule has 396 valence electrons. The first-order valence-corrected chi connectivity index (χ1v) is 29.1. The van der Waals surface area contributed by atoms with E-state index in [0.717, 1.165) is 96.3 Å². The molecule has 0 fully saturated rings. The maximum absolute atomic E-state index is 12.8. The maximum atomic E-state index is 12.8. The van der Waals surface area contributed by atoms with Gasteiger partial charge in [0.25, 0.3) is 0 Å². The molecule has 0 aliphatic rings. The highest BCUT2D eigenvalue weighted by Gasteiger charge is 2.19. The van der Waals surface area contributed by atoms with E-state index in [1.165, 1.54) is 135 Å². The standard InChI is InChI=1S/C63H108O6/c1-4-7-10-13-16-19-22-24-26-28-30-31-32-34-35-37-39-41-44-47-50-53-56-62(65)68-59-60(58-67-61(64)55-52-49-46-43-21-18-15-12-9-6-3)69-63(66)57-54-51-48-45-42-40-38-36-33-29-27-25-23-20-17-14-11-8-5-2/h8,11-12,15,17,20,25,27,33,36,40,42,48,51,60H,4-7,9-10,13-14,16,18-19,21-24,26,28-32,34-35,37-39,41,43-47,49-50,52-59H2,1-3H3/b11-8-,15-12-,20-17-,27-25-,36-33-,42-40-,51-48-. The van der Waals surface area contributed by atoms with Gasteiger partial charge in [-0.25, -0.2) is 0 Å².